The summed E-state index contributed by atoms with van der Waals surface area (Å²) in [7, 11) is 1.36. The first-order valence-corrected chi connectivity index (χ1v) is 5.48. The van der Waals surface area contributed by atoms with Crippen molar-refractivity contribution in [1.29, 1.82) is 0 Å². The molecule has 1 unspecified atom stereocenters. The lowest BCUT2D eigenvalue weighted by Gasteiger charge is -2.03. The molecule has 0 spiro atoms. The molecular weight excluding hydrogens is 220 g/mol. The van der Waals surface area contributed by atoms with Gasteiger partial charge < -0.3 is 14.3 Å². The Morgan fingerprint density at radius 1 is 1.53 bits per heavy atom. The van der Waals surface area contributed by atoms with Crippen molar-refractivity contribution in [3.8, 4) is 11.8 Å². The molecule has 0 aliphatic rings. The Kier molecular flexibility index (Phi) is 5.91. The molecule has 0 saturated heterocycles. The van der Waals surface area contributed by atoms with Crippen LogP contribution in [0, 0.1) is 11.8 Å². The normalized spacial score (nSPS) is 11.4. The fourth-order valence-corrected chi connectivity index (χ4v) is 1.28. The van der Waals surface area contributed by atoms with Crippen molar-refractivity contribution in [1.82, 2.24) is 0 Å². The molecule has 1 aromatic rings. The molecule has 0 aliphatic carbocycles. The van der Waals surface area contributed by atoms with Crippen molar-refractivity contribution in [2.24, 2.45) is 0 Å². The maximum atomic E-state index is 10.8. The van der Waals surface area contributed by atoms with E-state index in [0.29, 0.717) is 31.4 Å². The zero-order valence-electron chi connectivity index (χ0n) is 9.81. The summed E-state index contributed by atoms with van der Waals surface area (Å²) >= 11 is 0. The van der Waals surface area contributed by atoms with Crippen LogP contribution in [0.4, 0.5) is 0 Å². The number of aliphatic hydroxyl groups excluding tert-OH is 1. The molecule has 4 nitrogen and oxygen atoms in total. The predicted octanol–water partition coefficient (Wildman–Crippen LogP) is 2.05. The van der Waals surface area contributed by atoms with Crippen LogP contribution in [0.3, 0.4) is 0 Å². The summed E-state index contributed by atoms with van der Waals surface area (Å²) in [5.74, 6) is 6.06. The zero-order chi connectivity index (χ0) is 12.5. The second-order valence-electron chi connectivity index (χ2n) is 3.50. The zero-order valence-corrected chi connectivity index (χ0v) is 9.81. The third-order valence-corrected chi connectivity index (χ3v) is 2.22. The van der Waals surface area contributed by atoms with E-state index in [1.807, 2.05) is 0 Å². The molecule has 92 valence electrons. The number of carbonyl (C=O) groups excluding carboxylic acids is 1. The minimum atomic E-state index is -0.611. The number of ether oxygens (including phenoxy) is 1. The van der Waals surface area contributed by atoms with Gasteiger partial charge in [0.15, 0.2) is 0 Å². The minimum Gasteiger partial charge on any atom is -0.469 e. The number of furan rings is 1. The Labute approximate surface area is 101 Å². The summed E-state index contributed by atoms with van der Waals surface area (Å²) in [6, 6.07) is 3.47. The minimum absolute atomic E-state index is 0.255. The summed E-state index contributed by atoms with van der Waals surface area (Å²) in [5, 5.41) is 9.66. The first-order valence-electron chi connectivity index (χ1n) is 5.48. The Bertz CT molecular complexity index is 383. The summed E-state index contributed by atoms with van der Waals surface area (Å²) < 4.78 is 9.54. The predicted molar refractivity (Wildman–Crippen MR) is 61.9 cm³/mol. The Morgan fingerprint density at radius 2 is 2.29 bits per heavy atom. The van der Waals surface area contributed by atoms with Crippen LogP contribution in [-0.4, -0.2) is 18.2 Å². The highest BCUT2D eigenvalue weighted by molar-refractivity contribution is 5.69. The van der Waals surface area contributed by atoms with Gasteiger partial charge in [-0.15, -0.1) is 11.8 Å². The molecule has 1 atom stereocenters. The fourth-order valence-electron chi connectivity index (χ4n) is 1.28. The average Bonchev–Trinajstić information content (AvgIpc) is 2.86. The number of hydrogen-bond donors (Lipinski definition) is 1. The van der Waals surface area contributed by atoms with E-state index in [1.165, 1.54) is 13.4 Å². The van der Waals surface area contributed by atoms with Crippen LogP contribution in [0.1, 0.15) is 37.5 Å². The van der Waals surface area contributed by atoms with E-state index in [4.69, 9.17) is 4.42 Å². The van der Waals surface area contributed by atoms with Crippen molar-refractivity contribution in [3.63, 3.8) is 0 Å². The molecular formula is C13H16O4. The Balaban J connectivity index is 2.15. The van der Waals surface area contributed by atoms with E-state index in [2.05, 4.69) is 16.6 Å². The number of aliphatic hydroxyl groups is 1. The largest absolute Gasteiger partial charge is 0.469 e. The molecule has 0 fully saturated rings. The van der Waals surface area contributed by atoms with Crippen molar-refractivity contribution in [2.45, 2.75) is 31.8 Å². The van der Waals surface area contributed by atoms with E-state index in [9.17, 15) is 9.90 Å². The number of rotatable bonds is 5. The van der Waals surface area contributed by atoms with Gasteiger partial charge >= 0.3 is 5.97 Å². The van der Waals surface area contributed by atoms with E-state index in [0.717, 1.165) is 0 Å². The lowest BCUT2D eigenvalue weighted by molar-refractivity contribution is -0.140. The fraction of sp³-hybridized carbons (Fsp3) is 0.462. The lowest BCUT2D eigenvalue weighted by Crippen LogP contribution is -1.98. The third-order valence-electron chi connectivity index (χ3n) is 2.22. The number of hydrogen-bond acceptors (Lipinski definition) is 4. The van der Waals surface area contributed by atoms with E-state index >= 15 is 0 Å². The van der Waals surface area contributed by atoms with Crippen molar-refractivity contribution in [3.05, 3.63) is 24.2 Å². The van der Waals surface area contributed by atoms with Gasteiger partial charge in [-0.3, -0.25) is 4.79 Å². The summed E-state index contributed by atoms with van der Waals surface area (Å²) in [5.41, 5.74) is 0. The molecule has 17 heavy (non-hydrogen) atoms. The third kappa shape index (κ3) is 5.23. The molecule has 0 amide bonds. The first-order chi connectivity index (χ1) is 8.24. The Morgan fingerprint density at radius 3 is 2.94 bits per heavy atom. The van der Waals surface area contributed by atoms with E-state index in [-0.39, 0.29) is 5.97 Å². The molecule has 1 aromatic heterocycles. The molecule has 0 bridgehead atoms. The second-order valence-corrected chi connectivity index (χ2v) is 3.50. The maximum absolute atomic E-state index is 10.8. The SMILES string of the molecule is COC(=O)CCC#CCCC(O)c1ccco1. The van der Waals surface area contributed by atoms with Gasteiger partial charge in [0.25, 0.3) is 0 Å². The summed E-state index contributed by atoms with van der Waals surface area (Å²) in [6.07, 6.45) is 2.82. The monoisotopic (exact) mass is 236 g/mol. The highest BCUT2D eigenvalue weighted by Crippen LogP contribution is 2.17. The number of esters is 1. The van der Waals surface area contributed by atoms with Crippen molar-refractivity contribution >= 4 is 5.97 Å². The molecule has 0 radical (unpaired) electrons. The summed E-state index contributed by atoms with van der Waals surface area (Å²) in [6.45, 7) is 0. The van der Waals surface area contributed by atoms with Gasteiger partial charge in [-0.25, -0.2) is 0 Å². The molecule has 0 saturated carbocycles. The van der Waals surface area contributed by atoms with Gasteiger partial charge in [-0.1, -0.05) is 0 Å². The molecule has 0 aliphatic heterocycles. The quantitative estimate of drug-likeness (QED) is 0.628. The number of carbonyl (C=O) groups is 1. The summed E-state index contributed by atoms with van der Waals surface area (Å²) in [4.78, 5) is 10.8. The van der Waals surface area contributed by atoms with Gasteiger partial charge in [-0.2, -0.15) is 0 Å². The van der Waals surface area contributed by atoms with Gasteiger partial charge in [0.1, 0.15) is 11.9 Å². The molecule has 1 heterocycles. The molecule has 1 N–H and O–H groups in total. The highest BCUT2D eigenvalue weighted by Gasteiger charge is 2.08. The standard InChI is InChI=1S/C13H16O4/c1-16-13(15)9-5-3-2-4-7-11(14)12-8-6-10-17-12/h6,8,10-11,14H,4-5,7,9H2,1H3. The molecule has 0 aromatic carbocycles. The van der Waals surface area contributed by atoms with Crippen LogP contribution in [0.2, 0.25) is 0 Å². The van der Waals surface area contributed by atoms with Gasteiger partial charge in [0.05, 0.1) is 19.8 Å². The number of methoxy groups -OCH3 is 1. The van der Waals surface area contributed by atoms with Crippen LogP contribution >= 0.6 is 0 Å². The van der Waals surface area contributed by atoms with Crippen LogP contribution in [0.25, 0.3) is 0 Å². The van der Waals surface area contributed by atoms with Gasteiger partial charge in [0.2, 0.25) is 0 Å². The second kappa shape index (κ2) is 7.53. The Hall–Kier alpha value is -1.73. The topological polar surface area (TPSA) is 59.7 Å². The van der Waals surface area contributed by atoms with Crippen LogP contribution < -0.4 is 0 Å². The van der Waals surface area contributed by atoms with Crippen LogP contribution in [-0.2, 0) is 9.53 Å². The van der Waals surface area contributed by atoms with Crippen LogP contribution in [0.15, 0.2) is 22.8 Å². The van der Waals surface area contributed by atoms with E-state index in [1.54, 1.807) is 12.1 Å². The lowest BCUT2D eigenvalue weighted by atomic mass is 10.1. The maximum Gasteiger partial charge on any atom is 0.306 e. The highest BCUT2D eigenvalue weighted by atomic mass is 16.5. The van der Waals surface area contributed by atoms with Crippen molar-refractivity contribution < 1.29 is 19.1 Å². The smallest absolute Gasteiger partial charge is 0.306 e. The first kappa shape index (κ1) is 13.3. The van der Waals surface area contributed by atoms with Crippen LogP contribution in [0.5, 0.6) is 0 Å². The van der Waals surface area contributed by atoms with Gasteiger partial charge in [-0.05, 0) is 18.6 Å². The van der Waals surface area contributed by atoms with Crippen molar-refractivity contribution in [2.75, 3.05) is 7.11 Å². The van der Waals surface area contributed by atoms with E-state index < -0.39 is 6.10 Å². The molecule has 4 heteroatoms. The molecule has 1 rings (SSSR count). The van der Waals surface area contributed by atoms with Gasteiger partial charge in [0, 0.05) is 12.8 Å². The average molecular weight is 236 g/mol.